The largest absolute Gasteiger partial charge is 0.481 e. The van der Waals surface area contributed by atoms with Crippen LogP contribution in [-0.4, -0.2) is 18.4 Å². The first-order chi connectivity index (χ1) is 10.4. The smallest absolute Gasteiger partial charge is 0.276 e. The van der Waals surface area contributed by atoms with Gasteiger partial charge in [0.05, 0.1) is 9.50 Å². The lowest BCUT2D eigenvalue weighted by Crippen LogP contribution is -2.43. The van der Waals surface area contributed by atoms with Crippen LogP contribution >= 0.6 is 39.1 Å². The maximum absolute atomic E-state index is 11.6. The number of hydrazine groups is 1. The van der Waals surface area contributed by atoms with Crippen LogP contribution in [0, 0.1) is 0 Å². The molecule has 0 atom stereocenters. The van der Waals surface area contributed by atoms with Crippen LogP contribution < -0.4 is 15.6 Å². The number of benzene rings is 1. The minimum Gasteiger partial charge on any atom is -0.481 e. The number of unbranched alkanes of at least 4 members (excludes halogenated alkanes) is 2. The molecule has 2 amide bonds. The average molecular weight is 412 g/mol. The second-order valence-corrected chi connectivity index (χ2v) is 6.24. The predicted molar refractivity (Wildman–Crippen MR) is 90.1 cm³/mol. The van der Waals surface area contributed by atoms with E-state index in [-0.39, 0.29) is 17.5 Å². The number of hydrogen-bond donors (Lipinski definition) is 2. The van der Waals surface area contributed by atoms with Crippen molar-refractivity contribution in [3.05, 3.63) is 26.7 Å². The van der Waals surface area contributed by atoms with Crippen LogP contribution in [0.15, 0.2) is 16.6 Å². The van der Waals surface area contributed by atoms with Gasteiger partial charge in [0.15, 0.2) is 12.4 Å². The molecule has 2 N–H and O–H groups in total. The van der Waals surface area contributed by atoms with Crippen molar-refractivity contribution in [1.29, 1.82) is 0 Å². The fraction of sp³-hybridized carbons (Fsp3) is 0.429. The van der Waals surface area contributed by atoms with Gasteiger partial charge in [-0.15, -0.1) is 0 Å². The molecule has 1 aromatic rings. The molecule has 0 spiro atoms. The summed E-state index contributed by atoms with van der Waals surface area (Å²) in [5.74, 6) is -0.398. The van der Waals surface area contributed by atoms with Gasteiger partial charge in [0.2, 0.25) is 5.91 Å². The molecule has 0 heterocycles. The minimum atomic E-state index is -0.484. The van der Waals surface area contributed by atoms with Gasteiger partial charge in [0, 0.05) is 11.4 Å². The number of rotatable bonds is 7. The Morgan fingerprint density at radius 1 is 1.18 bits per heavy atom. The SMILES string of the molecule is CCCCCC(=O)NNC(=O)COc1c(Cl)cc(Cl)cc1Br. The fourth-order valence-corrected chi connectivity index (χ4v) is 2.95. The Hall–Kier alpha value is -0.980. The van der Waals surface area contributed by atoms with Crippen molar-refractivity contribution in [2.45, 2.75) is 32.6 Å². The Labute approximate surface area is 147 Å². The Balaban J connectivity index is 2.36. The highest BCUT2D eigenvalue weighted by atomic mass is 79.9. The van der Waals surface area contributed by atoms with Crippen LogP contribution in [0.4, 0.5) is 0 Å². The zero-order valence-corrected chi connectivity index (χ0v) is 15.1. The molecule has 0 aliphatic carbocycles. The van der Waals surface area contributed by atoms with E-state index >= 15 is 0 Å². The number of amides is 2. The summed E-state index contributed by atoms with van der Waals surface area (Å²) in [6, 6.07) is 3.12. The molecule has 0 saturated carbocycles. The molecule has 1 rings (SSSR count). The van der Waals surface area contributed by atoms with Crippen LogP contribution in [0.2, 0.25) is 10.0 Å². The second-order valence-electron chi connectivity index (χ2n) is 4.54. The summed E-state index contributed by atoms with van der Waals surface area (Å²) < 4.78 is 5.86. The molecule has 0 radical (unpaired) electrons. The lowest BCUT2D eigenvalue weighted by atomic mass is 10.2. The van der Waals surface area contributed by atoms with E-state index < -0.39 is 5.91 Å². The van der Waals surface area contributed by atoms with Crippen molar-refractivity contribution in [1.82, 2.24) is 10.9 Å². The summed E-state index contributed by atoms with van der Waals surface area (Å²) in [6.45, 7) is 1.77. The number of hydrogen-bond acceptors (Lipinski definition) is 3. The minimum absolute atomic E-state index is 0.229. The van der Waals surface area contributed by atoms with Crippen LogP contribution in [0.3, 0.4) is 0 Å². The molecule has 8 heteroatoms. The highest BCUT2D eigenvalue weighted by Crippen LogP contribution is 2.35. The standard InChI is InChI=1S/C14H17BrCl2N2O3/c1-2-3-4-5-12(20)18-19-13(21)8-22-14-10(15)6-9(16)7-11(14)17/h6-7H,2-5,8H2,1H3,(H,18,20)(H,19,21). The predicted octanol–water partition coefficient (Wildman–Crippen LogP) is 3.86. The van der Waals surface area contributed by atoms with Gasteiger partial charge in [-0.2, -0.15) is 0 Å². The van der Waals surface area contributed by atoms with Crippen molar-refractivity contribution in [3.63, 3.8) is 0 Å². The topological polar surface area (TPSA) is 67.4 Å². The van der Waals surface area contributed by atoms with Crippen molar-refractivity contribution < 1.29 is 14.3 Å². The van der Waals surface area contributed by atoms with Gasteiger partial charge >= 0.3 is 0 Å². The number of ether oxygens (including phenoxy) is 1. The van der Waals surface area contributed by atoms with E-state index in [2.05, 4.69) is 33.7 Å². The summed E-state index contributed by atoms with van der Waals surface area (Å²) in [5, 5.41) is 0.740. The maximum Gasteiger partial charge on any atom is 0.276 e. The Kier molecular flexibility index (Phi) is 8.60. The zero-order chi connectivity index (χ0) is 16.5. The molecule has 0 fully saturated rings. The first-order valence-corrected chi connectivity index (χ1v) is 8.34. The summed E-state index contributed by atoms with van der Waals surface area (Å²) in [6.07, 6.45) is 3.18. The highest BCUT2D eigenvalue weighted by Gasteiger charge is 2.11. The average Bonchev–Trinajstić information content (AvgIpc) is 2.44. The number of carbonyl (C=O) groups is 2. The number of carbonyl (C=O) groups excluding carboxylic acids is 2. The molecular formula is C14H17BrCl2N2O3. The monoisotopic (exact) mass is 410 g/mol. The normalized spacial score (nSPS) is 10.2. The Bertz CT molecular complexity index is 518. The van der Waals surface area contributed by atoms with Gasteiger partial charge in [-0.1, -0.05) is 43.0 Å². The van der Waals surface area contributed by atoms with E-state index in [1.807, 2.05) is 0 Å². The molecule has 0 saturated heterocycles. The third kappa shape index (κ3) is 6.85. The Morgan fingerprint density at radius 3 is 2.50 bits per heavy atom. The first kappa shape index (κ1) is 19.1. The summed E-state index contributed by atoms with van der Waals surface area (Å²) >= 11 is 15.1. The lowest BCUT2D eigenvalue weighted by molar-refractivity contribution is -0.130. The van der Waals surface area contributed by atoms with Crippen LogP contribution in [0.25, 0.3) is 0 Å². The van der Waals surface area contributed by atoms with E-state index in [0.29, 0.717) is 21.7 Å². The molecule has 0 aliphatic heterocycles. The van der Waals surface area contributed by atoms with E-state index in [0.717, 1.165) is 19.3 Å². The van der Waals surface area contributed by atoms with Crippen molar-refractivity contribution >= 4 is 50.9 Å². The number of nitrogens with one attached hydrogen (secondary N) is 2. The van der Waals surface area contributed by atoms with E-state index in [1.54, 1.807) is 6.07 Å². The lowest BCUT2D eigenvalue weighted by Gasteiger charge is -2.11. The molecule has 1 aromatic carbocycles. The van der Waals surface area contributed by atoms with Gasteiger partial charge in [-0.3, -0.25) is 20.4 Å². The van der Waals surface area contributed by atoms with E-state index in [4.69, 9.17) is 27.9 Å². The van der Waals surface area contributed by atoms with Crippen molar-refractivity contribution in [3.8, 4) is 5.75 Å². The molecule has 0 unspecified atom stereocenters. The van der Waals surface area contributed by atoms with Crippen LogP contribution in [0.5, 0.6) is 5.75 Å². The molecule has 22 heavy (non-hydrogen) atoms. The Morgan fingerprint density at radius 2 is 1.86 bits per heavy atom. The van der Waals surface area contributed by atoms with Gasteiger partial charge in [-0.05, 0) is 34.5 Å². The molecular weight excluding hydrogens is 395 g/mol. The number of halogens is 3. The second kappa shape index (κ2) is 9.92. The van der Waals surface area contributed by atoms with E-state index in [9.17, 15) is 9.59 Å². The summed E-state index contributed by atoms with van der Waals surface area (Å²) in [7, 11) is 0. The van der Waals surface area contributed by atoms with Crippen LogP contribution in [-0.2, 0) is 9.59 Å². The van der Waals surface area contributed by atoms with Crippen molar-refractivity contribution in [2.75, 3.05) is 6.61 Å². The van der Waals surface area contributed by atoms with Crippen molar-refractivity contribution in [2.24, 2.45) is 0 Å². The van der Waals surface area contributed by atoms with Gasteiger partial charge in [0.1, 0.15) is 0 Å². The maximum atomic E-state index is 11.6. The quantitative estimate of drug-likeness (QED) is 0.528. The van der Waals surface area contributed by atoms with E-state index in [1.165, 1.54) is 6.07 Å². The van der Waals surface area contributed by atoms with Gasteiger partial charge in [-0.25, -0.2) is 0 Å². The summed E-state index contributed by atoms with van der Waals surface area (Å²) in [4.78, 5) is 23.0. The molecule has 0 bridgehead atoms. The van der Waals surface area contributed by atoms with Gasteiger partial charge in [0.25, 0.3) is 5.91 Å². The zero-order valence-electron chi connectivity index (χ0n) is 12.0. The third-order valence-electron chi connectivity index (χ3n) is 2.66. The first-order valence-electron chi connectivity index (χ1n) is 6.79. The van der Waals surface area contributed by atoms with Crippen LogP contribution in [0.1, 0.15) is 32.6 Å². The molecule has 122 valence electrons. The highest BCUT2D eigenvalue weighted by molar-refractivity contribution is 9.10. The summed E-state index contributed by atoms with van der Waals surface area (Å²) in [5.41, 5.74) is 4.61. The molecule has 0 aromatic heterocycles. The third-order valence-corrected chi connectivity index (χ3v) is 3.75. The molecule has 0 aliphatic rings. The molecule has 5 nitrogen and oxygen atoms in total. The van der Waals surface area contributed by atoms with Gasteiger partial charge < -0.3 is 4.74 Å². The fourth-order valence-electron chi connectivity index (χ4n) is 1.58.